The number of aliphatic carboxylic acids is 1. The van der Waals surface area contributed by atoms with E-state index in [0.29, 0.717) is 24.5 Å². The maximum atomic E-state index is 10.5. The number of nitrogens with zero attached hydrogens (tertiary/aromatic N) is 2. The summed E-state index contributed by atoms with van der Waals surface area (Å²) >= 11 is 0. The molecule has 2 N–H and O–H groups in total. The molecule has 0 aliphatic heterocycles. The Morgan fingerprint density at radius 1 is 1.59 bits per heavy atom. The van der Waals surface area contributed by atoms with Crippen LogP contribution in [-0.2, 0) is 4.79 Å². The quantitative estimate of drug-likeness (QED) is 0.443. The van der Waals surface area contributed by atoms with Gasteiger partial charge in [-0.15, -0.1) is 0 Å². The zero-order valence-corrected chi connectivity index (χ0v) is 9.34. The first-order chi connectivity index (χ1) is 8.00. The van der Waals surface area contributed by atoms with E-state index in [1.807, 2.05) is 0 Å². The van der Waals surface area contributed by atoms with Crippen LogP contribution in [0.3, 0.4) is 0 Å². The first kappa shape index (κ1) is 12.9. The van der Waals surface area contributed by atoms with E-state index in [0.717, 1.165) is 0 Å². The molecule has 0 atom stereocenters. The first-order valence-corrected chi connectivity index (χ1v) is 5.08. The van der Waals surface area contributed by atoms with Gasteiger partial charge in [0.25, 0.3) is 5.69 Å². The molecule has 1 aromatic rings. The molecule has 0 saturated carbocycles. The predicted octanol–water partition coefficient (Wildman–Crippen LogP) is 1.57. The Kier molecular flexibility index (Phi) is 4.38. The summed E-state index contributed by atoms with van der Waals surface area (Å²) < 4.78 is 0. The predicted molar refractivity (Wildman–Crippen MR) is 61.0 cm³/mol. The van der Waals surface area contributed by atoms with Crippen molar-refractivity contribution in [1.29, 1.82) is 0 Å². The van der Waals surface area contributed by atoms with Gasteiger partial charge in [0.05, 0.1) is 4.92 Å². The number of carbonyl (C=O) groups is 1. The lowest BCUT2D eigenvalue weighted by Crippen LogP contribution is -2.07. The Labute approximate surface area is 97.6 Å². The van der Waals surface area contributed by atoms with Crippen molar-refractivity contribution < 1.29 is 14.8 Å². The summed E-state index contributed by atoms with van der Waals surface area (Å²) in [7, 11) is 0. The Balaban J connectivity index is 2.53. The largest absolute Gasteiger partial charge is 0.481 e. The summed E-state index contributed by atoms with van der Waals surface area (Å²) in [6.07, 6.45) is 0.562. The number of rotatable bonds is 6. The summed E-state index contributed by atoms with van der Waals surface area (Å²) in [6.45, 7) is 2.02. The van der Waals surface area contributed by atoms with E-state index in [2.05, 4.69) is 10.3 Å². The standard InChI is InChI=1S/C10H13N3O4/c1-7-8(13(16)17)4-5-9(12-7)11-6-2-3-10(14)15/h4-5H,2-3,6H2,1H3,(H,11,12)(H,14,15). The summed E-state index contributed by atoms with van der Waals surface area (Å²) in [5.74, 6) is -0.335. The smallest absolute Gasteiger partial charge is 0.303 e. The molecule has 0 radical (unpaired) electrons. The average Bonchev–Trinajstić information content (AvgIpc) is 2.23. The number of nitro groups is 1. The minimum Gasteiger partial charge on any atom is -0.481 e. The molecule has 1 aromatic heterocycles. The lowest BCUT2D eigenvalue weighted by atomic mass is 10.3. The van der Waals surface area contributed by atoms with Crippen molar-refractivity contribution in [2.24, 2.45) is 0 Å². The van der Waals surface area contributed by atoms with E-state index in [4.69, 9.17) is 5.11 Å². The number of carboxylic acids is 1. The third-order valence-corrected chi connectivity index (χ3v) is 2.13. The minimum atomic E-state index is -0.848. The fraction of sp³-hybridized carbons (Fsp3) is 0.400. The number of aryl methyl sites for hydroxylation is 1. The molecule has 17 heavy (non-hydrogen) atoms. The maximum Gasteiger partial charge on any atom is 0.303 e. The highest BCUT2D eigenvalue weighted by molar-refractivity contribution is 5.66. The Morgan fingerprint density at radius 3 is 2.82 bits per heavy atom. The lowest BCUT2D eigenvalue weighted by molar-refractivity contribution is -0.385. The van der Waals surface area contributed by atoms with Crippen LogP contribution in [0.2, 0.25) is 0 Å². The van der Waals surface area contributed by atoms with Crippen molar-refractivity contribution in [3.63, 3.8) is 0 Å². The van der Waals surface area contributed by atoms with Gasteiger partial charge in [-0.05, 0) is 19.4 Å². The summed E-state index contributed by atoms with van der Waals surface area (Å²) in [5, 5.41) is 21.9. The number of pyridine rings is 1. The molecule has 0 amide bonds. The highest BCUT2D eigenvalue weighted by Gasteiger charge is 2.11. The molecule has 0 saturated heterocycles. The molecule has 0 unspecified atom stereocenters. The highest BCUT2D eigenvalue weighted by atomic mass is 16.6. The second-order valence-corrected chi connectivity index (χ2v) is 3.48. The average molecular weight is 239 g/mol. The van der Waals surface area contributed by atoms with Gasteiger partial charge in [-0.25, -0.2) is 4.98 Å². The van der Waals surface area contributed by atoms with E-state index < -0.39 is 10.9 Å². The molecule has 0 bridgehead atoms. The second kappa shape index (κ2) is 5.78. The van der Waals surface area contributed by atoms with E-state index in [9.17, 15) is 14.9 Å². The molecule has 1 rings (SSSR count). The van der Waals surface area contributed by atoms with Gasteiger partial charge in [0.2, 0.25) is 0 Å². The number of anilines is 1. The number of hydrogen-bond acceptors (Lipinski definition) is 5. The van der Waals surface area contributed by atoms with Crippen LogP contribution in [0.1, 0.15) is 18.5 Å². The van der Waals surface area contributed by atoms with Crippen LogP contribution in [0, 0.1) is 17.0 Å². The van der Waals surface area contributed by atoms with Gasteiger partial charge in [0, 0.05) is 19.0 Å². The molecular formula is C10H13N3O4. The highest BCUT2D eigenvalue weighted by Crippen LogP contribution is 2.17. The number of carboxylic acid groups (broad SMARTS) is 1. The third kappa shape index (κ3) is 4.06. The van der Waals surface area contributed by atoms with E-state index in [1.165, 1.54) is 12.1 Å². The third-order valence-electron chi connectivity index (χ3n) is 2.13. The summed E-state index contributed by atoms with van der Waals surface area (Å²) in [5.41, 5.74) is 0.305. The molecule has 0 spiro atoms. The van der Waals surface area contributed by atoms with Gasteiger partial charge in [-0.3, -0.25) is 14.9 Å². The van der Waals surface area contributed by atoms with Gasteiger partial charge < -0.3 is 10.4 Å². The van der Waals surface area contributed by atoms with Crippen LogP contribution in [0.5, 0.6) is 0 Å². The van der Waals surface area contributed by atoms with Crippen LogP contribution in [-0.4, -0.2) is 27.5 Å². The molecule has 0 aliphatic rings. The van der Waals surface area contributed by atoms with Crippen molar-refractivity contribution in [3.8, 4) is 0 Å². The number of hydrogen-bond donors (Lipinski definition) is 2. The normalized spacial score (nSPS) is 9.94. The second-order valence-electron chi connectivity index (χ2n) is 3.48. The maximum absolute atomic E-state index is 10.5. The SMILES string of the molecule is Cc1nc(NCCCC(=O)O)ccc1[N+](=O)[O-]. The van der Waals surface area contributed by atoms with Gasteiger partial charge in [-0.1, -0.05) is 0 Å². The van der Waals surface area contributed by atoms with Crippen molar-refractivity contribution in [2.75, 3.05) is 11.9 Å². The van der Waals surface area contributed by atoms with Crippen molar-refractivity contribution in [1.82, 2.24) is 4.98 Å². The van der Waals surface area contributed by atoms with Gasteiger partial charge >= 0.3 is 5.97 Å². The Morgan fingerprint density at radius 2 is 2.29 bits per heavy atom. The van der Waals surface area contributed by atoms with Crippen molar-refractivity contribution in [2.45, 2.75) is 19.8 Å². The van der Waals surface area contributed by atoms with Crippen molar-refractivity contribution >= 4 is 17.5 Å². The van der Waals surface area contributed by atoms with Gasteiger partial charge in [0.15, 0.2) is 0 Å². The van der Waals surface area contributed by atoms with Crippen LogP contribution in [0.15, 0.2) is 12.1 Å². The lowest BCUT2D eigenvalue weighted by Gasteiger charge is -2.05. The molecular weight excluding hydrogens is 226 g/mol. The molecule has 7 nitrogen and oxygen atoms in total. The van der Waals surface area contributed by atoms with Gasteiger partial charge in [0.1, 0.15) is 11.5 Å². The zero-order valence-electron chi connectivity index (χ0n) is 9.34. The van der Waals surface area contributed by atoms with Gasteiger partial charge in [-0.2, -0.15) is 0 Å². The molecule has 0 aliphatic carbocycles. The Hall–Kier alpha value is -2.18. The molecule has 0 fully saturated rings. The van der Waals surface area contributed by atoms with Crippen LogP contribution in [0.4, 0.5) is 11.5 Å². The fourth-order valence-electron chi connectivity index (χ4n) is 1.30. The van der Waals surface area contributed by atoms with E-state index in [-0.39, 0.29) is 12.1 Å². The summed E-state index contributed by atoms with van der Waals surface area (Å²) in [6, 6.07) is 2.88. The van der Waals surface area contributed by atoms with E-state index >= 15 is 0 Å². The zero-order chi connectivity index (χ0) is 12.8. The number of aromatic nitrogens is 1. The summed E-state index contributed by atoms with van der Waals surface area (Å²) in [4.78, 5) is 24.3. The van der Waals surface area contributed by atoms with Crippen LogP contribution >= 0.6 is 0 Å². The minimum absolute atomic E-state index is 0.0268. The molecule has 7 heteroatoms. The molecule has 1 heterocycles. The molecule has 0 aromatic carbocycles. The van der Waals surface area contributed by atoms with E-state index in [1.54, 1.807) is 6.92 Å². The first-order valence-electron chi connectivity index (χ1n) is 5.08. The Bertz CT molecular complexity index is 434. The number of nitrogens with one attached hydrogen (secondary N) is 1. The van der Waals surface area contributed by atoms with Crippen LogP contribution < -0.4 is 5.32 Å². The topological polar surface area (TPSA) is 105 Å². The van der Waals surface area contributed by atoms with Crippen molar-refractivity contribution in [3.05, 3.63) is 27.9 Å². The monoisotopic (exact) mass is 239 g/mol. The van der Waals surface area contributed by atoms with Crippen LogP contribution in [0.25, 0.3) is 0 Å². The fourth-order valence-corrected chi connectivity index (χ4v) is 1.30. The molecule has 92 valence electrons.